The monoisotopic (exact) mass is 276 g/mol. The van der Waals surface area contributed by atoms with Crippen LogP contribution in [0.15, 0.2) is 0 Å². The fraction of sp³-hybridized carbons (Fsp3) is 0.625. The maximum absolute atomic E-state index is 6.32. The molecule has 5 N–H and O–H groups in total. The molecule has 0 bridgehead atoms. The van der Waals surface area contributed by atoms with Gasteiger partial charge in [0.15, 0.2) is 0 Å². The molecule has 4 heteroatoms. The zero-order chi connectivity index (χ0) is 14.9. The van der Waals surface area contributed by atoms with Crippen LogP contribution in [0.1, 0.15) is 30.5 Å². The fourth-order valence-electron chi connectivity index (χ4n) is 3.11. The maximum Gasteiger partial charge on any atom is 0.0630 e. The Balaban J connectivity index is 2.26. The lowest BCUT2D eigenvalue weighted by atomic mass is 9.88. The molecule has 4 nitrogen and oxygen atoms in total. The Kier molecular flexibility index (Phi) is 4.43. The fourth-order valence-corrected chi connectivity index (χ4v) is 3.11. The lowest BCUT2D eigenvalue weighted by Crippen LogP contribution is -2.36. The summed E-state index contributed by atoms with van der Waals surface area (Å²) in [4.78, 5) is 2.47. The van der Waals surface area contributed by atoms with Crippen LogP contribution < -0.4 is 16.8 Å². The van der Waals surface area contributed by atoms with Crippen LogP contribution in [0.2, 0.25) is 0 Å². The second-order valence-electron chi connectivity index (χ2n) is 5.87. The number of rotatable bonds is 4. The highest BCUT2D eigenvalue weighted by molar-refractivity contribution is 5.83. The number of nitrogens with zero attached hydrogens (tertiary/aromatic N) is 1. The molecule has 1 heterocycles. The third kappa shape index (κ3) is 2.57. The summed E-state index contributed by atoms with van der Waals surface area (Å²) in [5.41, 5.74) is 18.9. The Morgan fingerprint density at radius 3 is 2.30 bits per heavy atom. The quantitative estimate of drug-likeness (QED) is 0.739. The molecule has 0 fully saturated rings. The van der Waals surface area contributed by atoms with Crippen molar-refractivity contribution >= 4 is 17.1 Å². The molecule has 2 rings (SSSR count). The first-order valence-corrected chi connectivity index (χ1v) is 7.62. The normalized spacial score (nSPS) is 17.9. The predicted molar refractivity (Wildman–Crippen MR) is 88.2 cm³/mol. The summed E-state index contributed by atoms with van der Waals surface area (Å²) in [7, 11) is 0. The third-order valence-corrected chi connectivity index (χ3v) is 4.74. The first-order chi connectivity index (χ1) is 9.49. The van der Waals surface area contributed by atoms with Gasteiger partial charge in [0.25, 0.3) is 0 Å². The highest BCUT2D eigenvalue weighted by Gasteiger charge is 2.25. The van der Waals surface area contributed by atoms with Crippen molar-refractivity contribution in [3.05, 3.63) is 16.7 Å². The molecule has 0 amide bonds. The summed E-state index contributed by atoms with van der Waals surface area (Å²) < 4.78 is 0. The molecule has 1 aliphatic rings. The molecule has 0 saturated heterocycles. The van der Waals surface area contributed by atoms with Crippen molar-refractivity contribution in [3.8, 4) is 0 Å². The average Bonchev–Trinajstić information content (AvgIpc) is 2.48. The summed E-state index contributed by atoms with van der Waals surface area (Å²) in [5.74, 6) is 0.603. The van der Waals surface area contributed by atoms with E-state index in [0.717, 1.165) is 60.8 Å². The molecule has 112 valence electrons. The highest BCUT2D eigenvalue weighted by Crippen LogP contribution is 2.39. The van der Waals surface area contributed by atoms with Crippen molar-refractivity contribution in [1.29, 1.82) is 0 Å². The lowest BCUT2D eigenvalue weighted by molar-refractivity contribution is 0.254. The van der Waals surface area contributed by atoms with Crippen LogP contribution in [0.3, 0.4) is 0 Å². The number of nitrogen functional groups attached to an aromatic ring is 2. The summed E-state index contributed by atoms with van der Waals surface area (Å²) in [5, 5.41) is 3.51. The van der Waals surface area contributed by atoms with Gasteiger partial charge >= 0.3 is 0 Å². The number of anilines is 3. The summed E-state index contributed by atoms with van der Waals surface area (Å²) in [6.45, 7) is 12.8. The van der Waals surface area contributed by atoms with Crippen LogP contribution >= 0.6 is 0 Å². The van der Waals surface area contributed by atoms with E-state index in [-0.39, 0.29) is 0 Å². The number of nitrogens with one attached hydrogen (secondary N) is 1. The Morgan fingerprint density at radius 1 is 1.10 bits per heavy atom. The Morgan fingerprint density at radius 2 is 1.70 bits per heavy atom. The molecule has 1 aromatic rings. The van der Waals surface area contributed by atoms with Crippen LogP contribution in [0, 0.1) is 19.8 Å². The van der Waals surface area contributed by atoms with E-state index in [2.05, 4.69) is 31.0 Å². The van der Waals surface area contributed by atoms with Crippen LogP contribution in [0.4, 0.5) is 17.1 Å². The molecular formula is C16H28N4. The molecule has 0 spiro atoms. The number of hydrogen-bond acceptors (Lipinski definition) is 4. The van der Waals surface area contributed by atoms with Gasteiger partial charge in [0.2, 0.25) is 0 Å². The van der Waals surface area contributed by atoms with Gasteiger partial charge < -0.3 is 21.7 Å². The van der Waals surface area contributed by atoms with E-state index < -0.39 is 0 Å². The third-order valence-electron chi connectivity index (χ3n) is 4.74. The number of nitrogens with two attached hydrogens (primary N) is 2. The van der Waals surface area contributed by atoms with E-state index >= 15 is 0 Å². The van der Waals surface area contributed by atoms with E-state index in [1.165, 1.54) is 5.56 Å². The summed E-state index contributed by atoms with van der Waals surface area (Å²) >= 11 is 0. The van der Waals surface area contributed by atoms with Gasteiger partial charge in [0.05, 0.1) is 11.4 Å². The Labute approximate surface area is 122 Å². The number of benzene rings is 1. The minimum atomic E-state index is 0.603. The van der Waals surface area contributed by atoms with Crippen molar-refractivity contribution < 1.29 is 0 Å². The molecule has 1 atom stereocenters. The molecule has 0 saturated carbocycles. The van der Waals surface area contributed by atoms with Gasteiger partial charge in [-0.05, 0) is 50.4 Å². The molecule has 0 aromatic heterocycles. The van der Waals surface area contributed by atoms with Crippen molar-refractivity contribution in [2.24, 2.45) is 5.92 Å². The van der Waals surface area contributed by atoms with Crippen LogP contribution in [-0.2, 0) is 6.42 Å². The van der Waals surface area contributed by atoms with Crippen LogP contribution in [0.5, 0.6) is 0 Å². The summed E-state index contributed by atoms with van der Waals surface area (Å²) in [6.07, 6.45) is 1.02. The predicted octanol–water partition coefficient (Wildman–Crippen LogP) is 2.39. The molecule has 20 heavy (non-hydrogen) atoms. The SMILES string of the molecule is CCN(CC)CC1CNc2c(N)c(C)c(C)c(N)c2C1. The minimum absolute atomic E-state index is 0.603. The van der Waals surface area contributed by atoms with Gasteiger partial charge in [0.1, 0.15) is 0 Å². The van der Waals surface area contributed by atoms with E-state index in [0.29, 0.717) is 5.92 Å². The number of fused-ring (bicyclic) bond motifs is 1. The van der Waals surface area contributed by atoms with E-state index in [4.69, 9.17) is 11.5 Å². The van der Waals surface area contributed by atoms with Gasteiger partial charge in [-0.2, -0.15) is 0 Å². The number of hydrogen-bond donors (Lipinski definition) is 3. The first kappa shape index (κ1) is 15.0. The van der Waals surface area contributed by atoms with Crippen LogP contribution in [-0.4, -0.2) is 31.1 Å². The molecular weight excluding hydrogens is 248 g/mol. The van der Waals surface area contributed by atoms with Crippen LogP contribution in [0.25, 0.3) is 0 Å². The van der Waals surface area contributed by atoms with Gasteiger partial charge in [-0.1, -0.05) is 13.8 Å². The minimum Gasteiger partial charge on any atom is -0.398 e. The maximum atomic E-state index is 6.32. The molecule has 1 aliphatic heterocycles. The smallest absolute Gasteiger partial charge is 0.0630 e. The average molecular weight is 276 g/mol. The van der Waals surface area contributed by atoms with E-state index in [9.17, 15) is 0 Å². The Bertz CT molecular complexity index is 492. The van der Waals surface area contributed by atoms with Crippen molar-refractivity contribution in [3.63, 3.8) is 0 Å². The van der Waals surface area contributed by atoms with Crippen molar-refractivity contribution in [2.45, 2.75) is 34.1 Å². The molecule has 0 radical (unpaired) electrons. The zero-order valence-corrected chi connectivity index (χ0v) is 13.2. The van der Waals surface area contributed by atoms with Gasteiger partial charge in [-0.15, -0.1) is 0 Å². The highest BCUT2D eigenvalue weighted by atomic mass is 15.1. The molecule has 1 unspecified atom stereocenters. The standard InChI is InChI=1S/C16H28N4/c1-5-20(6-2)9-12-7-13-14(17)10(3)11(4)15(18)16(13)19-8-12/h12,19H,5-9,17-18H2,1-4H3. The largest absolute Gasteiger partial charge is 0.398 e. The van der Waals surface area contributed by atoms with E-state index in [1.54, 1.807) is 0 Å². The Hall–Kier alpha value is -1.42. The second kappa shape index (κ2) is 5.92. The second-order valence-corrected chi connectivity index (χ2v) is 5.87. The zero-order valence-electron chi connectivity index (χ0n) is 13.2. The van der Waals surface area contributed by atoms with Gasteiger partial charge in [-0.25, -0.2) is 0 Å². The summed E-state index contributed by atoms with van der Waals surface area (Å²) in [6, 6.07) is 0. The van der Waals surface area contributed by atoms with Crippen molar-refractivity contribution in [2.75, 3.05) is 43.0 Å². The van der Waals surface area contributed by atoms with E-state index in [1.807, 2.05) is 6.92 Å². The molecule has 1 aromatic carbocycles. The topological polar surface area (TPSA) is 67.3 Å². The first-order valence-electron chi connectivity index (χ1n) is 7.62. The van der Waals surface area contributed by atoms with Crippen molar-refractivity contribution in [1.82, 2.24) is 4.90 Å². The molecule has 0 aliphatic carbocycles. The van der Waals surface area contributed by atoms with Gasteiger partial charge in [-0.3, -0.25) is 0 Å². The lowest BCUT2D eigenvalue weighted by Gasteiger charge is -2.33. The van der Waals surface area contributed by atoms with Gasteiger partial charge in [0, 0.05) is 24.3 Å².